The van der Waals surface area contributed by atoms with Gasteiger partial charge in [-0.3, -0.25) is 0 Å². The highest BCUT2D eigenvalue weighted by Crippen LogP contribution is 2.25. The van der Waals surface area contributed by atoms with Crippen LogP contribution >= 0.6 is 0 Å². The largest absolute Gasteiger partial charge is 0.411 e. The first-order chi connectivity index (χ1) is 13.1. The van der Waals surface area contributed by atoms with Gasteiger partial charge in [0.15, 0.2) is 0 Å². The van der Waals surface area contributed by atoms with Crippen molar-refractivity contribution >= 4 is 6.21 Å². The molecule has 3 rings (SSSR count). The maximum Gasteiger partial charge on any atom is 0.126 e. The number of halogens is 2. The predicted octanol–water partition coefficient (Wildman–Crippen LogP) is 3.85. The molecule has 6 heteroatoms. The van der Waals surface area contributed by atoms with Gasteiger partial charge in [0, 0.05) is 18.2 Å². The minimum Gasteiger partial charge on any atom is -0.411 e. The number of benzene rings is 2. The van der Waals surface area contributed by atoms with Gasteiger partial charge < -0.3 is 16.3 Å². The topological polar surface area (TPSA) is 70.6 Å². The number of nitrogens with two attached hydrogens (primary N) is 1. The normalized spacial score (nSPS) is 16.5. The van der Waals surface area contributed by atoms with Crippen LogP contribution in [0.15, 0.2) is 58.9 Å². The highest BCUT2D eigenvalue weighted by Gasteiger charge is 2.19. The van der Waals surface area contributed by atoms with Crippen molar-refractivity contribution in [1.29, 1.82) is 0 Å². The lowest BCUT2D eigenvalue weighted by molar-refractivity contribution is 0.320. The number of oxime groups is 1. The molecule has 27 heavy (non-hydrogen) atoms. The van der Waals surface area contributed by atoms with Crippen molar-refractivity contribution in [2.24, 2.45) is 16.8 Å². The first-order valence-electron chi connectivity index (χ1n) is 8.99. The summed E-state index contributed by atoms with van der Waals surface area (Å²) in [6.45, 7) is 1.83. The lowest BCUT2D eigenvalue weighted by Crippen LogP contribution is -2.30. The van der Waals surface area contributed by atoms with E-state index in [1.54, 1.807) is 0 Å². The highest BCUT2D eigenvalue weighted by molar-refractivity contribution is 5.80. The smallest absolute Gasteiger partial charge is 0.126 e. The Morgan fingerprint density at radius 3 is 2.30 bits per heavy atom. The maximum atomic E-state index is 13.4. The lowest BCUT2D eigenvalue weighted by atomic mass is 9.88. The summed E-state index contributed by atoms with van der Waals surface area (Å²) in [6.07, 6.45) is 3.86. The fourth-order valence-corrected chi connectivity index (χ4v) is 3.50. The number of rotatable bonds is 5. The number of allylic oxidation sites excluding steroid dienone is 2. The van der Waals surface area contributed by atoms with E-state index in [0.717, 1.165) is 48.7 Å². The summed E-state index contributed by atoms with van der Waals surface area (Å²) in [7, 11) is 0. The van der Waals surface area contributed by atoms with Gasteiger partial charge in [-0.15, -0.1) is 0 Å². The first-order valence-corrected chi connectivity index (χ1v) is 8.99. The van der Waals surface area contributed by atoms with Gasteiger partial charge in [0.25, 0.3) is 0 Å². The van der Waals surface area contributed by atoms with Crippen molar-refractivity contribution in [3.8, 4) is 11.1 Å². The van der Waals surface area contributed by atoms with Crippen molar-refractivity contribution < 1.29 is 14.0 Å². The van der Waals surface area contributed by atoms with Crippen LogP contribution < -0.4 is 11.1 Å². The molecule has 0 spiro atoms. The summed E-state index contributed by atoms with van der Waals surface area (Å²) in [5, 5.41) is 15.5. The Labute approximate surface area is 157 Å². The molecule has 4 nitrogen and oxygen atoms in total. The second-order valence-corrected chi connectivity index (χ2v) is 6.78. The molecule has 1 heterocycles. The molecule has 0 amide bonds. The minimum absolute atomic E-state index is 0.275. The van der Waals surface area contributed by atoms with Crippen molar-refractivity contribution in [2.45, 2.75) is 19.3 Å². The molecular formula is C21H23F2N3O. The van der Waals surface area contributed by atoms with E-state index in [4.69, 9.17) is 10.9 Å². The number of hydrogen-bond acceptors (Lipinski definition) is 4. The third kappa shape index (κ3) is 4.92. The highest BCUT2D eigenvalue weighted by atomic mass is 19.1. The Kier molecular flexibility index (Phi) is 6.19. The molecule has 0 aliphatic carbocycles. The second kappa shape index (κ2) is 8.77. The van der Waals surface area contributed by atoms with Crippen molar-refractivity contribution in [1.82, 2.24) is 5.32 Å². The van der Waals surface area contributed by atoms with Crippen LogP contribution in [0.1, 0.15) is 18.4 Å². The Hall–Kier alpha value is -2.73. The van der Waals surface area contributed by atoms with Crippen molar-refractivity contribution in [3.63, 3.8) is 0 Å². The van der Waals surface area contributed by atoms with Crippen LogP contribution in [0.5, 0.6) is 0 Å². The van der Waals surface area contributed by atoms with E-state index in [0.29, 0.717) is 17.7 Å². The van der Waals surface area contributed by atoms with Gasteiger partial charge in [0.2, 0.25) is 0 Å². The maximum absolute atomic E-state index is 13.4. The molecule has 1 saturated heterocycles. The third-order valence-corrected chi connectivity index (χ3v) is 4.89. The Morgan fingerprint density at radius 1 is 1.07 bits per heavy atom. The standard InChI is InChI=1S/C21H23F2N3O/c22-18-10-17(11-19(23)12-18)15-3-1-14(2-4-15)9-21(24)20(13-26-27)16-5-7-25-8-6-16/h1-4,10-13,16,25,27H,5-9,24H2/b21-20+,26-13+. The molecule has 0 bridgehead atoms. The minimum atomic E-state index is -0.601. The van der Waals surface area contributed by atoms with Crippen LogP contribution in [0, 0.1) is 17.6 Å². The molecule has 0 atom stereocenters. The van der Waals surface area contributed by atoms with Crippen LogP contribution in [0.25, 0.3) is 11.1 Å². The van der Waals surface area contributed by atoms with E-state index in [-0.39, 0.29) is 5.92 Å². The monoisotopic (exact) mass is 371 g/mol. The van der Waals surface area contributed by atoms with Crippen molar-refractivity contribution in [3.05, 3.63) is 70.9 Å². The van der Waals surface area contributed by atoms with Gasteiger partial charge in [0.1, 0.15) is 11.6 Å². The molecule has 142 valence electrons. The van der Waals surface area contributed by atoms with Crippen LogP contribution in [-0.4, -0.2) is 24.5 Å². The fourth-order valence-electron chi connectivity index (χ4n) is 3.50. The molecule has 1 fully saturated rings. The number of nitrogens with one attached hydrogen (secondary N) is 1. The summed E-state index contributed by atoms with van der Waals surface area (Å²) in [5.41, 5.74) is 10.1. The van der Waals surface area contributed by atoms with E-state index < -0.39 is 11.6 Å². The quantitative estimate of drug-likeness (QED) is 0.425. The van der Waals surface area contributed by atoms with Gasteiger partial charge >= 0.3 is 0 Å². The molecule has 1 aliphatic heterocycles. The van der Waals surface area contributed by atoms with E-state index in [1.165, 1.54) is 18.3 Å². The van der Waals surface area contributed by atoms with Crippen LogP contribution in [0.3, 0.4) is 0 Å². The summed E-state index contributed by atoms with van der Waals surface area (Å²) < 4.78 is 26.8. The Bertz CT molecular complexity index is 821. The average molecular weight is 371 g/mol. The first kappa shape index (κ1) is 19.0. The average Bonchev–Trinajstić information content (AvgIpc) is 2.66. The zero-order chi connectivity index (χ0) is 19.2. The lowest BCUT2D eigenvalue weighted by Gasteiger charge is -2.24. The van der Waals surface area contributed by atoms with Crippen molar-refractivity contribution in [2.75, 3.05) is 13.1 Å². The number of piperidine rings is 1. The second-order valence-electron chi connectivity index (χ2n) is 6.78. The van der Waals surface area contributed by atoms with Crippen LogP contribution in [-0.2, 0) is 6.42 Å². The summed E-state index contributed by atoms with van der Waals surface area (Å²) in [6, 6.07) is 10.9. The van der Waals surface area contributed by atoms with Gasteiger partial charge in [-0.2, -0.15) is 0 Å². The fraction of sp³-hybridized carbons (Fsp3) is 0.286. The van der Waals surface area contributed by atoms with E-state index in [1.807, 2.05) is 24.3 Å². The van der Waals surface area contributed by atoms with E-state index >= 15 is 0 Å². The zero-order valence-corrected chi connectivity index (χ0v) is 15.0. The zero-order valence-electron chi connectivity index (χ0n) is 15.0. The molecule has 0 radical (unpaired) electrons. The molecule has 4 N–H and O–H groups in total. The molecular weight excluding hydrogens is 348 g/mol. The van der Waals surface area contributed by atoms with E-state index in [9.17, 15) is 8.78 Å². The molecule has 1 aliphatic rings. The molecule has 2 aromatic rings. The molecule has 2 aromatic carbocycles. The summed E-state index contributed by atoms with van der Waals surface area (Å²) in [5.74, 6) is -0.927. The Morgan fingerprint density at radius 2 is 1.70 bits per heavy atom. The van der Waals surface area contributed by atoms with Gasteiger partial charge in [-0.05, 0) is 66.2 Å². The van der Waals surface area contributed by atoms with Gasteiger partial charge in [-0.1, -0.05) is 29.4 Å². The van der Waals surface area contributed by atoms with Gasteiger partial charge in [-0.25, -0.2) is 8.78 Å². The van der Waals surface area contributed by atoms with Gasteiger partial charge in [0.05, 0.1) is 6.21 Å². The molecule has 0 unspecified atom stereocenters. The number of hydrogen-bond donors (Lipinski definition) is 3. The SMILES string of the molecule is N/C(Cc1ccc(-c2cc(F)cc(F)c2)cc1)=C(\C=N\O)C1CCNCC1. The Balaban J connectivity index is 1.79. The molecule has 0 saturated carbocycles. The predicted molar refractivity (Wildman–Crippen MR) is 103 cm³/mol. The molecule has 0 aromatic heterocycles. The van der Waals surface area contributed by atoms with E-state index in [2.05, 4.69) is 10.5 Å². The third-order valence-electron chi connectivity index (χ3n) is 4.89. The number of nitrogens with zero attached hydrogens (tertiary/aromatic N) is 1. The summed E-state index contributed by atoms with van der Waals surface area (Å²) >= 11 is 0. The van der Waals surface area contributed by atoms with Crippen LogP contribution in [0.2, 0.25) is 0 Å². The van der Waals surface area contributed by atoms with Crippen LogP contribution in [0.4, 0.5) is 8.78 Å². The summed E-state index contributed by atoms with van der Waals surface area (Å²) in [4.78, 5) is 0.